The van der Waals surface area contributed by atoms with Crippen molar-refractivity contribution in [2.24, 2.45) is 4.99 Å². The van der Waals surface area contributed by atoms with Crippen molar-refractivity contribution in [3.8, 4) is 0 Å². The maximum Gasteiger partial charge on any atom is 0.194 e. The molecular formula is C19H29BrN6. The number of aryl methyl sites for hydroxylation is 1. The van der Waals surface area contributed by atoms with Gasteiger partial charge in [-0.25, -0.2) is 0 Å². The van der Waals surface area contributed by atoms with Crippen LogP contribution in [-0.4, -0.2) is 45.3 Å². The molecule has 0 saturated carbocycles. The lowest BCUT2D eigenvalue weighted by molar-refractivity contribution is 0.457. The van der Waals surface area contributed by atoms with Crippen LogP contribution in [0, 0.1) is 0 Å². The second kappa shape index (κ2) is 10.3. The molecule has 26 heavy (non-hydrogen) atoms. The molecular weight excluding hydrogens is 392 g/mol. The molecule has 1 aromatic carbocycles. The fourth-order valence-corrected chi connectivity index (χ4v) is 2.97. The standard InChI is InChI=1S/C19H29BrN6/c1-5-15(3)23-19(21-11-12-26-14-22-24-18(26)6-2)25(4)13-16-9-7-8-10-17(16)20/h7-10,14-15H,5-6,11-13H2,1-4H3,(H,21,23). The summed E-state index contributed by atoms with van der Waals surface area (Å²) >= 11 is 3.63. The number of nitrogens with zero attached hydrogens (tertiary/aromatic N) is 5. The SMILES string of the molecule is CCc1nncn1CCN=C(NC(C)CC)N(C)Cc1ccccc1Br. The molecule has 0 aliphatic heterocycles. The van der Waals surface area contributed by atoms with Gasteiger partial charge in [0.1, 0.15) is 12.2 Å². The predicted molar refractivity (Wildman–Crippen MR) is 110 cm³/mol. The van der Waals surface area contributed by atoms with E-state index in [1.807, 2.05) is 6.07 Å². The summed E-state index contributed by atoms with van der Waals surface area (Å²) in [6.07, 6.45) is 3.71. The lowest BCUT2D eigenvalue weighted by Crippen LogP contribution is -2.43. The van der Waals surface area contributed by atoms with Gasteiger partial charge in [0.2, 0.25) is 0 Å². The van der Waals surface area contributed by atoms with Gasteiger partial charge in [-0.05, 0) is 25.0 Å². The van der Waals surface area contributed by atoms with Gasteiger partial charge >= 0.3 is 0 Å². The van der Waals surface area contributed by atoms with E-state index in [0.717, 1.165) is 42.2 Å². The average molecular weight is 421 g/mol. The lowest BCUT2D eigenvalue weighted by Gasteiger charge is -2.25. The highest BCUT2D eigenvalue weighted by Crippen LogP contribution is 2.17. The van der Waals surface area contributed by atoms with Gasteiger partial charge in [0, 0.05) is 37.1 Å². The second-order valence-electron chi connectivity index (χ2n) is 6.40. The van der Waals surface area contributed by atoms with Crippen LogP contribution < -0.4 is 5.32 Å². The monoisotopic (exact) mass is 420 g/mol. The molecule has 6 nitrogen and oxygen atoms in total. The average Bonchev–Trinajstić information content (AvgIpc) is 3.10. The van der Waals surface area contributed by atoms with Gasteiger partial charge in [-0.2, -0.15) is 0 Å². The minimum atomic E-state index is 0.372. The number of rotatable bonds is 8. The maximum absolute atomic E-state index is 4.83. The van der Waals surface area contributed by atoms with E-state index in [0.29, 0.717) is 12.6 Å². The molecule has 0 radical (unpaired) electrons. The normalized spacial score (nSPS) is 12.9. The Hall–Kier alpha value is -1.89. The number of aliphatic imine (C=N–C) groups is 1. The molecule has 1 atom stereocenters. The van der Waals surface area contributed by atoms with E-state index in [2.05, 4.69) is 86.9 Å². The minimum absolute atomic E-state index is 0.372. The summed E-state index contributed by atoms with van der Waals surface area (Å²) < 4.78 is 3.19. The maximum atomic E-state index is 4.83. The molecule has 1 heterocycles. The van der Waals surface area contributed by atoms with Gasteiger partial charge in [-0.1, -0.05) is 48.0 Å². The third kappa shape index (κ3) is 5.83. The van der Waals surface area contributed by atoms with Crippen LogP contribution in [0.15, 0.2) is 40.1 Å². The Morgan fingerprint density at radius 2 is 2.12 bits per heavy atom. The van der Waals surface area contributed by atoms with Crippen molar-refractivity contribution in [1.82, 2.24) is 25.0 Å². The van der Waals surface area contributed by atoms with Gasteiger partial charge in [0.25, 0.3) is 0 Å². The number of hydrogen-bond acceptors (Lipinski definition) is 3. The Labute approximate surface area is 164 Å². The molecule has 1 N–H and O–H groups in total. The largest absolute Gasteiger partial charge is 0.354 e. The van der Waals surface area contributed by atoms with Crippen molar-refractivity contribution < 1.29 is 0 Å². The number of hydrogen-bond donors (Lipinski definition) is 1. The highest BCUT2D eigenvalue weighted by atomic mass is 79.9. The first-order valence-electron chi connectivity index (χ1n) is 9.17. The highest BCUT2D eigenvalue weighted by Gasteiger charge is 2.11. The highest BCUT2D eigenvalue weighted by molar-refractivity contribution is 9.10. The summed E-state index contributed by atoms with van der Waals surface area (Å²) in [6, 6.07) is 8.67. The fraction of sp³-hybridized carbons (Fsp3) is 0.526. The molecule has 7 heteroatoms. The van der Waals surface area contributed by atoms with E-state index in [1.165, 1.54) is 5.56 Å². The smallest absolute Gasteiger partial charge is 0.194 e. The zero-order valence-corrected chi connectivity index (χ0v) is 17.7. The quantitative estimate of drug-likeness (QED) is 0.524. The van der Waals surface area contributed by atoms with Gasteiger partial charge in [0.05, 0.1) is 6.54 Å². The number of aromatic nitrogens is 3. The van der Waals surface area contributed by atoms with Crippen molar-refractivity contribution in [3.63, 3.8) is 0 Å². The molecule has 0 aliphatic carbocycles. The number of nitrogens with one attached hydrogen (secondary N) is 1. The van der Waals surface area contributed by atoms with Crippen molar-refractivity contribution >= 4 is 21.9 Å². The molecule has 2 aromatic rings. The van der Waals surface area contributed by atoms with Gasteiger partial charge in [0.15, 0.2) is 5.96 Å². The van der Waals surface area contributed by atoms with E-state index in [4.69, 9.17) is 4.99 Å². The molecule has 0 bridgehead atoms. The Bertz CT molecular complexity index is 712. The predicted octanol–water partition coefficient (Wildman–Crippen LogP) is 3.48. The van der Waals surface area contributed by atoms with Crippen LogP contribution in [0.2, 0.25) is 0 Å². The molecule has 1 aromatic heterocycles. The topological polar surface area (TPSA) is 58.3 Å². The summed E-state index contributed by atoms with van der Waals surface area (Å²) in [6.45, 7) is 8.70. The molecule has 0 amide bonds. The molecule has 142 valence electrons. The first-order valence-corrected chi connectivity index (χ1v) is 9.96. The summed E-state index contributed by atoms with van der Waals surface area (Å²) in [7, 11) is 2.07. The van der Waals surface area contributed by atoms with Crippen LogP contribution in [0.1, 0.15) is 38.6 Å². The minimum Gasteiger partial charge on any atom is -0.354 e. The molecule has 2 rings (SSSR count). The molecule has 0 aliphatic rings. The fourth-order valence-electron chi connectivity index (χ4n) is 2.56. The third-order valence-corrected chi connectivity index (χ3v) is 5.10. The van der Waals surface area contributed by atoms with Gasteiger partial charge < -0.3 is 14.8 Å². The van der Waals surface area contributed by atoms with Crippen molar-refractivity contribution in [2.75, 3.05) is 13.6 Å². The van der Waals surface area contributed by atoms with E-state index in [1.54, 1.807) is 6.33 Å². The van der Waals surface area contributed by atoms with Crippen molar-refractivity contribution in [3.05, 3.63) is 46.5 Å². The third-order valence-electron chi connectivity index (χ3n) is 4.33. The first-order chi connectivity index (χ1) is 12.5. The zero-order chi connectivity index (χ0) is 18.9. The molecule has 1 unspecified atom stereocenters. The molecule has 0 saturated heterocycles. The number of benzene rings is 1. The summed E-state index contributed by atoms with van der Waals surface area (Å²) in [5, 5.41) is 11.6. The Balaban J connectivity index is 2.07. The van der Waals surface area contributed by atoms with Crippen LogP contribution in [0.25, 0.3) is 0 Å². The van der Waals surface area contributed by atoms with E-state index in [9.17, 15) is 0 Å². The van der Waals surface area contributed by atoms with Crippen molar-refractivity contribution in [1.29, 1.82) is 0 Å². The second-order valence-corrected chi connectivity index (χ2v) is 7.25. The van der Waals surface area contributed by atoms with Crippen LogP contribution in [-0.2, 0) is 19.5 Å². The van der Waals surface area contributed by atoms with Crippen LogP contribution >= 0.6 is 15.9 Å². The molecule has 0 fully saturated rings. The summed E-state index contributed by atoms with van der Waals surface area (Å²) in [5.74, 6) is 1.92. The number of guanidine groups is 1. The van der Waals surface area contributed by atoms with Gasteiger partial charge in [-0.15, -0.1) is 10.2 Å². The Kier molecular flexibility index (Phi) is 8.09. The summed E-state index contributed by atoms with van der Waals surface area (Å²) in [4.78, 5) is 6.99. The number of halogens is 1. The van der Waals surface area contributed by atoms with Crippen LogP contribution in [0.3, 0.4) is 0 Å². The molecule has 0 spiro atoms. The summed E-state index contributed by atoms with van der Waals surface area (Å²) in [5.41, 5.74) is 1.24. The van der Waals surface area contributed by atoms with Crippen LogP contribution in [0.4, 0.5) is 0 Å². The Morgan fingerprint density at radius 3 is 2.81 bits per heavy atom. The van der Waals surface area contributed by atoms with E-state index < -0.39 is 0 Å². The zero-order valence-electron chi connectivity index (χ0n) is 16.1. The first kappa shape index (κ1) is 20.4. The lowest BCUT2D eigenvalue weighted by atomic mass is 10.2. The van der Waals surface area contributed by atoms with E-state index in [-0.39, 0.29) is 0 Å². The Morgan fingerprint density at radius 1 is 1.35 bits per heavy atom. The van der Waals surface area contributed by atoms with Crippen molar-refractivity contribution in [2.45, 2.75) is 52.7 Å². The van der Waals surface area contributed by atoms with E-state index >= 15 is 0 Å². The van der Waals surface area contributed by atoms with Gasteiger partial charge in [-0.3, -0.25) is 4.99 Å². The van der Waals surface area contributed by atoms with Crippen LogP contribution in [0.5, 0.6) is 0 Å².